The van der Waals surface area contributed by atoms with E-state index < -0.39 is 10.0 Å². The van der Waals surface area contributed by atoms with E-state index in [0.717, 1.165) is 5.56 Å². The van der Waals surface area contributed by atoms with Crippen LogP contribution in [0.5, 0.6) is 0 Å². The van der Waals surface area contributed by atoms with Crippen molar-refractivity contribution < 1.29 is 13.2 Å². The number of anilines is 2. The largest absolute Gasteiger partial charge is 0.322 e. The molecule has 0 aromatic heterocycles. The van der Waals surface area contributed by atoms with Gasteiger partial charge in [0.25, 0.3) is 15.9 Å². The molecule has 1 amide bonds. The fraction of sp³-hybridized carbons (Fsp3) is 0.0476. The number of carbonyl (C=O) groups excluding carboxylic acids is 1. The molecule has 28 heavy (non-hydrogen) atoms. The Morgan fingerprint density at radius 1 is 0.893 bits per heavy atom. The summed E-state index contributed by atoms with van der Waals surface area (Å²) in [6, 6.07) is 23.3. The zero-order valence-corrected chi connectivity index (χ0v) is 15.6. The third-order valence-electron chi connectivity index (χ3n) is 3.90. The van der Waals surface area contributed by atoms with Crippen molar-refractivity contribution in [3.8, 4) is 6.07 Å². The van der Waals surface area contributed by atoms with Crippen LogP contribution in [0.4, 0.5) is 11.4 Å². The van der Waals surface area contributed by atoms with Crippen LogP contribution < -0.4 is 10.0 Å². The summed E-state index contributed by atoms with van der Waals surface area (Å²) in [6.07, 6.45) is 0.220. The summed E-state index contributed by atoms with van der Waals surface area (Å²) < 4.78 is 27.4. The van der Waals surface area contributed by atoms with Crippen LogP contribution in [0.25, 0.3) is 0 Å². The summed E-state index contributed by atoms with van der Waals surface area (Å²) in [4.78, 5) is 12.6. The molecule has 0 spiro atoms. The number of nitrogens with one attached hydrogen (secondary N) is 2. The number of nitrogens with zero attached hydrogens (tertiary/aromatic N) is 1. The van der Waals surface area contributed by atoms with E-state index in [1.54, 1.807) is 60.7 Å². The predicted molar refractivity (Wildman–Crippen MR) is 107 cm³/mol. The van der Waals surface area contributed by atoms with Gasteiger partial charge in [-0.25, -0.2) is 8.42 Å². The molecule has 2 N–H and O–H groups in total. The Morgan fingerprint density at radius 2 is 1.61 bits per heavy atom. The first-order valence-electron chi connectivity index (χ1n) is 8.43. The standard InChI is InChI=1S/C21H17N3O3S/c22-13-12-16-6-4-7-17(14-16)21(25)23-18-8-5-9-19(15-18)24-28(26,27)20-10-2-1-3-11-20/h1-11,14-15,24H,12H2,(H,23,25). The Hall–Kier alpha value is -3.63. The minimum atomic E-state index is -3.72. The molecule has 0 saturated heterocycles. The van der Waals surface area contributed by atoms with Crippen LogP contribution in [0.2, 0.25) is 0 Å². The summed E-state index contributed by atoms with van der Waals surface area (Å²) in [5, 5.41) is 11.5. The van der Waals surface area contributed by atoms with Crippen LogP contribution in [0, 0.1) is 11.3 Å². The molecule has 0 bridgehead atoms. The molecule has 3 aromatic rings. The number of sulfonamides is 1. The summed E-state index contributed by atoms with van der Waals surface area (Å²) >= 11 is 0. The summed E-state index contributed by atoms with van der Waals surface area (Å²) in [7, 11) is -3.72. The highest BCUT2D eigenvalue weighted by atomic mass is 32.2. The first-order valence-corrected chi connectivity index (χ1v) is 9.91. The lowest BCUT2D eigenvalue weighted by molar-refractivity contribution is 0.102. The Balaban J connectivity index is 1.76. The SMILES string of the molecule is N#CCc1cccc(C(=O)Nc2cccc(NS(=O)(=O)c3ccccc3)c2)c1. The minimum Gasteiger partial charge on any atom is -0.322 e. The topological polar surface area (TPSA) is 99.1 Å². The van der Waals surface area contributed by atoms with Gasteiger partial charge < -0.3 is 5.32 Å². The molecule has 0 atom stereocenters. The molecular formula is C21H17N3O3S. The van der Waals surface area contributed by atoms with E-state index in [9.17, 15) is 13.2 Å². The lowest BCUT2D eigenvalue weighted by Crippen LogP contribution is -2.14. The van der Waals surface area contributed by atoms with Gasteiger partial charge in [0.05, 0.1) is 23.1 Å². The molecule has 7 heteroatoms. The van der Waals surface area contributed by atoms with Crippen LogP contribution in [-0.4, -0.2) is 14.3 Å². The second kappa shape index (κ2) is 8.37. The normalized spacial score (nSPS) is 10.7. The van der Waals surface area contributed by atoms with Crippen LogP contribution in [0.1, 0.15) is 15.9 Å². The third kappa shape index (κ3) is 4.75. The highest BCUT2D eigenvalue weighted by molar-refractivity contribution is 7.92. The number of benzene rings is 3. The van der Waals surface area contributed by atoms with Crippen LogP contribution in [-0.2, 0) is 16.4 Å². The Kier molecular flexibility index (Phi) is 5.72. The van der Waals surface area contributed by atoms with Crippen LogP contribution >= 0.6 is 0 Å². The van der Waals surface area contributed by atoms with Crippen molar-refractivity contribution in [3.63, 3.8) is 0 Å². The maximum absolute atomic E-state index is 12.5. The molecule has 0 unspecified atom stereocenters. The van der Waals surface area contributed by atoms with Gasteiger partial charge >= 0.3 is 0 Å². The molecule has 0 aliphatic heterocycles. The van der Waals surface area contributed by atoms with Crippen LogP contribution in [0.3, 0.4) is 0 Å². The molecule has 0 aliphatic carbocycles. The van der Waals surface area contributed by atoms with E-state index in [-0.39, 0.29) is 17.2 Å². The van der Waals surface area contributed by atoms with Gasteiger partial charge in [0.2, 0.25) is 0 Å². The second-order valence-corrected chi connectivity index (χ2v) is 7.67. The van der Waals surface area contributed by atoms with E-state index in [1.807, 2.05) is 6.07 Å². The summed E-state index contributed by atoms with van der Waals surface area (Å²) in [5.74, 6) is -0.345. The number of nitriles is 1. The van der Waals surface area contributed by atoms with Gasteiger partial charge in [0, 0.05) is 11.3 Å². The summed E-state index contributed by atoms with van der Waals surface area (Å²) in [5.41, 5.74) is 1.95. The Bertz CT molecular complexity index is 1140. The average molecular weight is 391 g/mol. The number of hydrogen-bond donors (Lipinski definition) is 2. The van der Waals surface area contributed by atoms with Crippen molar-refractivity contribution >= 4 is 27.3 Å². The second-order valence-electron chi connectivity index (χ2n) is 5.99. The van der Waals surface area contributed by atoms with E-state index in [4.69, 9.17) is 5.26 Å². The average Bonchev–Trinajstić information content (AvgIpc) is 2.69. The molecule has 0 saturated carbocycles. The Morgan fingerprint density at radius 3 is 2.36 bits per heavy atom. The monoisotopic (exact) mass is 391 g/mol. The lowest BCUT2D eigenvalue weighted by Gasteiger charge is -2.11. The highest BCUT2D eigenvalue weighted by Crippen LogP contribution is 2.20. The number of hydrogen-bond acceptors (Lipinski definition) is 4. The number of rotatable bonds is 6. The molecule has 0 heterocycles. The Labute approximate surface area is 163 Å². The molecule has 0 fully saturated rings. The quantitative estimate of drug-likeness (QED) is 0.667. The van der Waals surface area contributed by atoms with Crippen molar-refractivity contribution in [1.29, 1.82) is 5.26 Å². The van der Waals surface area contributed by atoms with Crippen LogP contribution in [0.15, 0.2) is 83.8 Å². The van der Waals surface area contributed by atoms with Crippen molar-refractivity contribution in [2.45, 2.75) is 11.3 Å². The molecule has 140 valence electrons. The highest BCUT2D eigenvalue weighted by Gasteiger charge is 2.14. The van der Waals surface area contributed by atoms with Gasteiger partial charge in [-0.3, -0.25) is 9.52 Å². The first kappa shape index (κ1) is 19.1. The minimum absolute atomic E-state index is 0.152. The van der Waals surface area contributed by atoms with E-state index in [0.29, 0.717) is 16.9 Å². The number of amides is 1. The van der Waals surface area contributed by atoms with Gasteiger partial charge in [0.15, 0.2) is 0 Å². The molecular weight excluding hydrogens is 374 g/mol. The molecule has 3 aromatic carbocycles. The molecule has 3 rings (SSSR count). The smallest absolute Gasteiger partial charge is 0.261 e. The zero-order chi connectivity index (χ0) is 20.0. The van der Waals surface area contributed by atoms with Gasteiger partial charge in [0.1, 0.15) is 0 Å². The van der Waals surface area contributed by atoms with Crippen molar-refractivity contribution in [2.75, 3.05) is 10.0 Å². The molecule has 6 nitrogen and oxygen atoms in total. The van der Waals surface area contributed by atoms with Gasteiger partial charge in [-0.1, -0.05) is 36.4 Å². The number of carbonyl (C=O) groups is 1. The molecule has 0 aliphatic rings. The van der Waals surface area contributed by atoms with E-state index >= 15 is 0 Å². The molecule has 0 radical (unpaired) electrons. The fourth-order valence-electron chi connectivity index (χ4n) is 2.59. The van der Waals surface area contributed by atoms with Crippen molar-refractivity contribution in [2.24, 2.45) is 0 Å². The van der Waals surface area contributed by atoms with E-state index in [1.165, 1.54) is 18.2 Å². The maximum atomic E-state index is 12.5. The fourth-order valence-corrected chi connectivity index (χ4v) is 3.66. The zero-order valence-electron chi connectivity index (χ0n) is 14.8. The summed E-state index contributed by atoms with van der Waals surface area (Å²) in [6.45, 7) is 0. The van der Waals surface area contributed by atoms with Gasteiger partial charge in [-0.15, -0.1) is 0 Å². The van der Waals surface area contributed by atoms with E-state index in [2.05, 4.69) is 10.0 Å². The lowest BCUT2D eigenvalue weighted by atomic mass is 10.1. The third-order valence-corrected chi connectivity index (χ3v) is 5.30. The van der Waals surface area contributed by atoms with Crippen molar-refractivity contribution in [1.82, 2.24) is 0 Å². The first-order chi connectivity index (χ1) is 13.5. The van der Waals surface area contributed by atoms with Gasteiger partial charge in [-0.2, -0.15) is 5.26 Å². The maximum Gasteiger partial charge on any atom is 0.261 e. The van der Waals surface area contributed by atoms with Gasteiger partial charge in [-0.05, 0) is 48.0 Å². The van der Waals surface area contributed by atoms with Crippen molar-refractivity contribution in [3.05, 3.63) is 90.0 Å². The predicted octanol–water partition coefficient (Wildman–Crippen LogP) is 3.81.